The van der Waals surface area contributed by atoms with Crippen molar-refractivity contribution in [3.8, 4) is 0 Å². The van der Waals surface area contributed by atoms with Gasteiger partial charge in [0.15, 0.2) is 0 Å². The van der Waals surface area contributed by atoms with E-state index in [0.29, 0.717) is 6.79 Å². The smallest absolute Gasteiger partial charge is 0.147 e. The Labute approximate surface area is 111 Å². The molecule has 1 aromatic carbocycles. The highest BCUT2D eigenvalue weighted by atomic mass is 35.5. The largest absolute Gasteiger partial charge is 0.355 e. The van der Waals surface area contributed by atoms with Gasteiger partial charge >= 0.3 is 0 Å². The average Bonchev–Trinajstić information content (AvgIpc) is 3.00. The highest BCUT2D eigenvalue weighted by Gasteiger charge is 2.52. The van der Waals surface area contributed by atoms with Gasteiger partial charge in [0.05, 0.1) is 12.7 Å². The molecule has 3 rings (SSSR count). The molecule has 0 amide bonds. The molecular formula is C13H14Cl2O2. The SMILES string of the molecule is ClC1(Cl)CC1c1cccc(C2CCOCO2)c1. The van der Waals surface area contributed by atoms with E-state index in [-0.39, 0.29) is 12.0 Å². The zero-order valence-electron chi connectivity index (χ0n) is 9.36. The van der Waals surface area contributed by atoms with Gasteiger partial charge in [-0.3, -0.25) is 0 Å². The summed E-state index contributed by atoms with van der Waals surface area (Å²) >= 11 is 12.2. The average molecular weight is 273 g/mol. The van der Waals surface area contributed by atoms with E-state index in [1.54, 1.807) is 0 Å². The fourth-order valence-electron chi connectivity index (χ4n) is 2.28. The molecule has 2 aliphatic rings. The number of hydrogen-bond donors (Lipinski definition) is 0. The molecule has 17 heavy (non-hydrogen) atoms. The van der Waals surface area contributed by atoms with Gasteiger partial charge in [0.1, 0.15) is 11.1 Å². The van der Waals surface area contributed by atoms with Gasteiger partial charge in [-0.05, 0) is 17.5 Å². The molecule has 2 atom stereocenters. The molecule has 4 heteroatoms. The van der Waals surface area contributed by atoms with Crippen LogP contribution in [0.15, 0.2) is 24.3 Å². The van der Waals surface area contributed by atoms with Gasteiger partial charge in [0.25, 0.3) is 0 Å². The molecule has 1 saturated heterocycles. The quantitative estimate of drug-likeness (QED) is 0.763. The first-order valence-electron chi connectivity index (χ1n) is 5.84. The third-order valence-electron chi connectivity index (χ3n) is 3.39. The molecule has 0 radical (unpaired) electrons. The Balaban J connectivity index is 1.79. The minimum absolute atomic E-state index is 0.141. The van der Waals surface area contributed by atoms with E-state index in [1.165, 1.54) is 11.1 Å². The van der Waals surface area contributed by atoms with Crippen molar-refractivity contribution in [3.63, 3.8) is 0 Å². The van der Waals surface area contributed by atoms with E-state index in [2.05, 4.69) is 18.2 Å². The molecule has 2 unspecified atom stereocenters. The summed E-state index contributed by atoms with van der Waals surface area (Å²) in [6, 6.07) is 8.38. The van der Waals surface area contributed by atoms with Crippen LogP contribution in [0.25, 0.3) is 0 Å². The number of benzene rings is 1. The van der Waals surface area contributed by atoms with E-state index in [9.17, 15) is 0 Å². The molecule has 0 N–H and O–H groups in total. The Morgan fingerprint density at radius 1 is 1.24 bits per heavy atom. The minimum Gasteiger partial charge on any atom is -0.355 e. The van der Waals surface area contributed by atoms with Crippen LogP contribution >= 0.6 is 23.2 Å². The maximum Gasteiger partial charge on any atom is 0.147 e. The summed E-state index contributed by atoms with van der Waals surface area (Å²) in [7, 11) is 0. The van der Waals surface area contributed by atoms with Crippen molar-refractivity contribution in [1.29, 1.82) is 0 Å². The van der Waals surface area contributed by atoms with Crippen LogP contribution in [0.2, 0.25) is 0 Å². The number of ether oxygens (including phenoxy) is 2. The van der Waals surface area contributed by atoms with E-state index < -0.39 is 4.33 Å². The Kier molecular flexibility index (Phi) is 3.07. The van der Waals surface area contributed by atoms with Crippen LogP contribution in [0.4, 0.5) is 0 Å². The Bertz CT molecular complexity index is 414. The molecule has 1 heterocycles. The first-order chi connectivity index (χ1) is 8.17. The first kappa shape index (κ1) is 11.8. The molecule has 2 nitrogen and oxygen atoms in total. The lowest BCUT2D eigenvalue weighted by Crippen LogP contribution is -2.17. The van der Waals surface area contributed by atoms with Crippen molar-refractivity contribution in [3.05, 3.63) is 35.4 Å². The van der Waals surface area contributed by atoms with E-state index in [4.69, 9.17) is 32.7 Å². The van der Waals surface area contributed by atoms with Gasteiger partial charge in [0, 0.05) is 12.3 Å². The third kappa shape index (κ3) is 2.45. The predicted molar refractivity (Wildman–Crippen MR) is 67.5 cm³/mol. The fourth-order valence-corrected chi connectivity index (χ4v) is 2.84. The second-order valence-corrected chi connectivity index (χ2v) is 6.20. The topological polar surface area (TPSA) is 18.5 Å². The van der Waals surface area contributed by atoms with Crippen molar-refractivity contribution in [2.75, 3.05) is 13.4 Å². The maximum absolute atomic E-state index is 6.09. The van der Waals surface area contributed by atoms with Gasteiger partial charge in [-0.1, -0.05) is 24.3 Å². The Morgan fingerprint density at radius 3 is 2.65 bits per heavy atom. The van der Waals surface area contributed by atoms with Crippen molar-refractivity contribution < 1.29 is 9.47 Å². The van der Waals surface area contributed by atoms with Crippen LogP contribution in [0.5, 0.6) is 0 Å². The van der Waals surface area contributed by atoms with Gasteiger partial charge in [-0.15, -0.1) is 23.2 Å². The standard InChI is InChI=1S/C13H14Cl2O2/c14-13(15)7-11(13)9-2-1-3-10(6-9)12-4-5-16-8-17-12/h1-3,6,11-12H,4-5,7-8H2. The Morgan fingerprint density at radius 2 is 2.00 bits per heavy atom. The van der Waals surface area contributed by atoms with E-state index in [0.717, 1.165) is 19.4 Å². The molecular weight excluding hydrogens is 259 g/mol. The van der Waals surface area contributed by atoms with E-state index >= 15 is 0 Å². The normalized spacial score (nSPS) is 31.2. The molecule has 0 bridgehead atoms. The third-order valence-corrected chi connectivity index (χ3v) is 4.22. The highest BCUT2D eigenvalue weighted by molar-refractivity contribution is 6.51. The van der Waals surface area contributed by atoms with Crippen LogP contribution in [0.3, 0.4) is 0 Å². The number of hydrogen-bond acceptors (Lipinski definition) is 2. The summed E-state index contributed by atoms with van der Waals surface area (Å²) < 4.78 is 10.2. The van der Waals surface area contributed by atoms with Crippen molar-refractivity contribution in [2.45, 2.75) is 29.2 Å². The zero-order valence-corrected chi connectivity index (χ0v) is 10.9. The molecule has 1 saturated carbocycles. The van der Waals surface area contributed by atoms with Crippen LogP contribution in [0.1, 0.15) is 36.0 Å². The fraction of sp³-hybridized carbons (Fsp3) is 0.538. The minimum atomic E-state index is -0.560. The van der Waals surface area contributed by atoms with Crippen LogP contribution < -0.4 is 0 Å². The lowest BCUT2D eigenvalue weighted by molar-refractivity contribution is -0.140. The summed E-state index contributed by atoms with van der Waals surface area (Å²) in [6.45, 7) is 1.14. The monoisotopic (exact) mass is 272 g/mol. The molecule has 1 aliphatic carbocycles. The summed E-state index contributed by atoms with van der Waals surface area (Å²) in [5, 5.41) is 0. The van der Waals surface area contributed by atoms with E-state index in [1.807, 2.05) is 6.07 Å². The summed E-state index contributed by atoms with van der Waals surface area (Å²) in [5.41, 5.74) is 2.41. The molecule has 0 aromatic heterocycles. The summed E-state index contributed by atoms with van der Waals surface area (Å²) in [6.07, 6.45) is 1.89. The number of rotatable bonds is 2. The lowest BCUT2D eigenvalue weighted by Gasteiger charge is -2.23. The molecule has 2 fully saturated rings. The van der Waals surface area contributed by atoms with Crippen LogP contribution in [0, 0.1) is 0 Å². The lowest BCUT2D eigenvalue weighted by atomic mass is 10.0. The molecule has 1 aliphatic heterocycles. The maximum atomic E-state index is 6.09. The summed E-state index contributed by atoms with van der Waals surface area (Å²) in [5.74, 6) is 0.269. The molecule has 1 aromatic rings. The van der Waals surface area contributed by atoms with Gasteiger partial charge < -0.3 is 9.47 Å². The van der Waals surface area contributed by atoms with Crippen LogP contribution in [-0.4, -0.2) is 17.7 Å². The first-order valence-corrected chi connectivity index (χ1v) is 6.59. The highest BCUT2D eigenvalue weighted by Crippen LogP contribution is 2.59. The molecule has 92 valence electrons. The predicted octanol–water partition coefficient (Wildman–Crippen LogP) is 3.78. The van der Waals surface area contributed by atoms with Gasteiger partial charge in [0.2, 0.25) is 0 Å². The number of halogens is 2. The zero-order chi connectivity index (χ0) is 11.9. The van der Waals surface area contributed by atoms with Gasteiger partial charge in [-0.2, -0.15) is 0 Å². The second kappa shape index (κ2) is 4.43. The van der Waals surface area contributed by atoms with Crippen LogP contribution in [-0.2, 0) is 9.47 Å². The number of alkyl halides is 2. The summed E-state index contributed by atoms with van der Waals surface area (Å²) in [4.78, 5) is 0. The van der Waals surface area contributed by atoms with Crippen molar-refractivity contribution in [1.82, 2.24) is 0 Å². The van der Waals surface area contributed by atoms with Crippen molar-refractivity contribution >= 4 is 23.2 Å². The van der Waals surface area contributed by atoms with Gasteiger partial charge in [-0.25, -0.2) is 0 Å². The second-order valence-electron chi connectivity index (χ2n) is 4.66. The Hall–Kier alpha value is -0.280. The van der Waals surface area contributed by atoms with Crippen molar-refractivity contribution in [2.24, 2.45) is 0 Å². The molecule has 0 spiro atoms.